The molecule has 1 atom stereocenters. The van der Waals surface area contributed by atoms with Crippen molar-refractivity contribution in [1.82, 2.24) is 4.90 Å². The first-order chi connectivity index (χ1) is 12.6. The number of benzene rings is 1. The van der Waals surface area contributed by atoms with Crippen LogP contribution in [0.25, 0.3) is 0 Å². The van der Waals surface area contributed by atoms with Gasteiger partial charge in [-0.1, -0.05) is 13.3 Å². The standard InChI is InChI=1S/C20H30N2O4/c1-3-4-13-26-20(24)17-6-8-18(9-7-17)21-19(23)10-5-16(2)22-11-14-25-15-12-22/h6-9,16H,3-5,10-15H2,1-2H3,(H,21,23)/t16-/m0/s1. The zero-order chi connectivity index (χ0) is 18.8. The largest absolute Gasteiger partial charge is 0.462 e. The van der Waals surface area contributed by atoms with E-state index in [9.17, 15) is 9.59 Å². The molecule has 6 nitrogen and oxygen atoms in total. The smallest absolute Gasteiger partial charge is 0.338 e. The van der Waals surface area contributed by atoms with Crippen LogP contribution < -0.4 is 5.32 Å². The van der Waals surface area contributed by atoms with Crippen molar-refractivity contribution in [3.63, 3.8) is 0 Å². The molecule has 1 aliphatic heterocycles. The Bertz CT molecular complexity index is 568. The Kier molecular flexibility index (Phi) is 8.58. The molecule has 1 aromatic rings. The highest BCUT2D eigenvalue weighted by Gasteiger charge is 2.17. The quantitative estimate of drug-likeness (QED) is 0.540. The van der Waals surface area contributed by atoms with E-state index in [1.54, 1.807) is 24.3 Å². The summed E-state index contributed by atoms with van der Waals surface area (Å²) < 4.78 is 10.5. The second-order valence-corrected chi connectivity index (χ2v) is 6.65. The molecule has 0 unspecified atom stereocenters. The van der Waals surface area contributed by atoms with E-state index in [0.717, 1.165) is 45.6 Å². The number of nitrogens with zero attached hydrogens (tertiary/aromatic N) is 1. The summed E-state index contributed by atoms with van der Waals surface area (Å²) in [5.41, 5.74) is 1.19. The van der Waals surface area contributed by atoms with Crippen molar-refractivity contribution >= 4 is 17.6 Å². The van der Waals surface area contributed by atoms with Crippen molar-refractivity contribution in [3.05, 3.63) is 29.8 Å². The van der Waals surface area contributed by atoms with Crippen LogP contribution in [0.4, 0.5) is 5.69 Å². The highest BCUT2D eigenvalue weighted by Crippen LogP contribution is 2.13. The Balaban J connectivity index is 1.73. The van der Waals surface area contributed by atoms with E-state index in [1.165, 1.54) is 0 Å². The van der Waals surface area contributed by atoms with E-state index in [0.29, 0.717) is 30.3 Å². The molecule has 0 saturated carbocycles. The third-order valence-electron chi connectivity index (χ3n) is 4.59. The summed E-state index contributed by atoms with van der Waals surface area (Å²) in [6.07, 6.45) is 3.14. The highest BCUT2D eigenvalue weighted by atomic mass is 16.5. The summed E-state index contributed by atoms with van der Waals surface area (Å²) >= 11 is 0. The van der Waals surface area contributed by atoms with Crippen molar-refractivity contribution in [2.75, 3.05) is 38.2 Å². The SMILES string of the molecule is CCCCOC(=O)c1ccc(NC(=O)CC[C@H](C)N2CCOCC2)cc1. The van der Waals surface area contributed by atoms with E-state index in [1.807, 2.05) is 6.92 Å². The molecule has 1 aliphatic rings. The fourth-order valence-corrected chi connectivity index (χ4v) is 2.85. The van der Waals surface area contributed by atoms with Crippen LogP contribution in [0.3, 0.4) is 0 Å². The Hall–Kier alpha value is -1.92. The normalized spacial score (nSPS) is 16.1. The molecule has 0 aromatic heterocycles. The Morgan fingerprint density at radius 2 is 1.92 bits per heavy atom. The predicted octanol–water partition coefficient (Wildman–Crippen LogP) is 3.08. The van der Waals surface area contributed by atoms with Crippen LogP contribution in [0.5, 0.6) is 0 Å². The number of amides is 1. The van der Waals surface area contributed by atoms with E-state index in [-0.39, 0.29) is 11.9 Å². The van der Waals surface area contributed by atoms with Crippen LogP contribution in [0.2, 0.25) is 0 Å². The number of nitrogens with one attached hydrogen (secondary N) is 1. The Morgan fingerprint density at radius 3 is 2.58 bits per heavy atom. The average molecular weight is 362 g/mol. The van der Waals surface area contributed by atoms with Gasteiger partial charge in [0.05, 0.1) is 25.4 Å². The molecule has 1 saturated heterocycles. The van der Waals surface area contributed by atoms with Gasteiger partial charge in [-0.05, 0) is 44.0 Å². The number of anilines is 1. The van der Waals surface area contributed by atoms with E-state index in [4.69, 9.17) is 9.47 Å². The molecule has 0 bridgehead atoms. The number of rotatable bonds is 9. The van der Waals surface area contributed by atoms with Gasteiger partial charge in [0.15, 0.2) is 0 Å². The first-order valence-corrected chi connectivity index (χ1v) is 9.49. The summed E-state index contributed by atoms with van der Waals surface area (Å²) in [6, 6.07) is 7.20. The van der Waals surface area contributed by atoms with Crippen LogP contribution in [-0.4, -0.2) is 55.7 Å². The van der Waals surface area contributed by atoms with Crippen molar-refractivity contribution in [3.8, 4) is 0 Å². The van der Waals surface area contributed by atoms with E-state index < -0.39 is 0 Å². The third kappa shape index (κ3) is 6.77. The zero-order valence-electron chi connectivity index (χ0n) is 15.8. The average Bonchev–Trinajstić information content (AvgIpc) is 2.67. The van der Waals surface area contributed by atoms with Crippen LogP contribution in [0.1, 0.15) is 49.9 Å². The van der Waals surface area contributed by atoms with Gasteiger partial charge in [-0.3, -0.25) is 9.69 Å². The molecule has 0 aliphatic carbocycles. The molecule has 26 heavy (non-hydrogen) atoms. The fourth-order valence-electron chi connectivity index (χ4n) is 2.85. The Labute approximate surface area is 155 Å². The number of hydrogen-bond donors (Lipinski definition) is 1. The van der Waals surface area contributed by atoms with Gasteiger partial charge in [-0.25, -0.2) is 4.79 Å². The first-order valence-electron chi connectivity index (χ1n) is 9.49. The minimum atomic E-state index is -0.323. The number of morpholine rings is 1. The molecule has 1 heterocycles. The molecule has 1 amide bonds. The third-order valence-corrected chi connectivity index (χ3v) is 4.59. The lowest BCUT2D eigenvalue weighted by atomic mass is 10.1. The van der Waals surface area contributed by atoms with E-state index in [2.05, 4.69) is 17.1 Å². The topological polar surface area (TPSA) is 67.9 Å². The van der Waals surface area contributed by atoms with Gasteiger partial charge in [0.1, 0.15) is 0 Å². The molecule has 0 spiro atoms. The number of unbranched alkanes of at least 4 members (excludes halogenated alkanes) is 1. The van der Waals surface area contributed by atoms with Crippen molar-refractivity contribution in [1.29, 1.82) is 0 Å². The van der Waals surface area contributed by atoms with Crippen LogP contribution in [0.15, 0.2) is 24.3 Å². The minimum Gasteiger partial charge on any atom is -0.462 e. The molecule has 0 radical (unpaired) electrons. The van der Waals surface area contributed by atoms with Gasteiger partial charge in [0.2, 0.25) is 5.91 Å². The van der Waals surface area contributed by atoms with Gasteiger partial charge in [0.25, 0.3) is 0 Å². The molecule has 1 aromatic carbocycles. The number of hydrogen-bond acceptors (Lipinski definition) is 5. The highest BCUT2D eigenvalue weighted by molar-refractivity contribution is 5.93. The Morgan fingerprint density at radius 1 is 1.23 bits per heavy atom. The molecule has 1 fully saturated rings. The number of esters is 1. The number of carbonyl (C=O) groups excluding carboxylic acids is 2. The van der Waals surface area contributed by atoms with Crippen molar-refractivity contribution in [2.24, 2.45) is 0 Å². The summed E-state index contributed by atoms with van der Waals surface area (Å²) in [5, 5.41) is 2.88. The summed E-state index contributed by atoms with van der Waals surface area (Å²) in [5.74, 6) is -0.334. The second-order valence-electron chi connectivity index (χ2n) is 6.65. The van der Waals surface area contributed by atoms with Crippen molar-refractivity contribution in [2.45, 2.75) is 45.6 Å². The van der Waals surface area contributed by atoms with Gasteiger partial charge in [0, 0.05) is 31.2 Å². The number of carbonyl (C=O) groups is 2. The molecule has 144 valence electrons. The maximum atomic E-state index is 12.1. The summed E-state index contributed by atoms with van der Waals surface area (Å²) in [4.78, 5) is 26.4. The number of ether oxygens (including phenoxy) is 2. The zero-order valence-corrected chi connectivity index (χ0v) is 15.8. The lowest BCUT2D eigenvalue weighted by Crippen LogP contribution is -2.42. The van der Waals surface area contributed by atoms with Crippen molar-refractivity contribution < 1.29 is 19.1 Å². The monoisotopic (exact) mass is 362 g/mol. The van der Waals surface area contributed by atoms with Gasteiger partial charge in [-0.15, -0.1) is 0 Å². The molecule has 1 N–H and O–H groups in total. The van der Waals surface area contributed by atoms with Gasteiger partial charge in [-0.2, -0.15) is 0 Å². The first kappa shape index (κ1) is 20.4. The van der Waals surface area contributed by atoms with Crippen LogP contribution in [-0.2, 0) is 14.3 Å². The maximum absolute atomic E-state index is 12.1. The van der Waals surface area contributed by atoms with Crippen LogP contribution in [0, 0.1) is 0 Å². The van der Waals surface area contributed by atoms with Crippen LogP contribution >= 0.6 is 0 Å². The fraction of sp³-hybridized carbons (Fsp3) is 0.600. The van der Waals surface area contributed by atoms with Gasteiger partial charge >= 0.3 is 5.97 Å². The summed E-state index contributed by atoms with van der Waals surface area (Å²) in [7, 11) is 0. The summed E-state index contributed by atoms with van der Waals surface area (Å²) in [6.45, 7) is 8.03. The molecule has 6 heteroatoms. The molecule has 2 rings (SSSR count). The predicted molar refractivity (Wildman–Crippen MR) is 101 cm³/mol. The van der Waals surface area contributed by atoms with Gasteiger partial charge < -0.3 is 14.8 Å². The lowest BCUT2D eigenvalue weighted by Gasteiger charge is -2.32. The lowest BCUT2D eigenvalue weighted by molar-refractivity contribution is -0.116. The minimum absolute atomic E-state index is 0.0108. The molecular weight excluding hydrogens is 332 g/mol. The van der Waals surface area contributed by atoms with E-state index >= 15 is 0 Å². The maximum Gasteiger partial charge on any atom is 0.338 e. The molecular formula is C20H30N2O4. The second kappa shape index (κ2) is 10.9.